The molecule has 2 fully saturated rings. The molecule has 4 rings (SSSR count). The maximum Gasteiger partial charge on any atom is 0.0865 e. The van der Waals surface area contributed by atoms with Gasteiger partial charge in [-0.1, -0.05) is 60.7 Å². The lowest BCUT2D eigenvalue weighted by Crippen LogP contribution is -2.36. The molecule has 0 bridgehead atoms. The second kappa shape index (κ2) is 7.64. The molecule has 2 aromatic carbocycles. The highest BCUT2D eigenvalue weighted by Gasteiger charge is 2.43. The van der Waals surface area contributed by atoms with Gasteiger partial charge in [-0.05, 0) is 55.1 Å². The largest absolute Gasteiger partial charge is 0.298 e. The molecule has 2 nitrogen and oxygen atoms in total. The molecule has 0 N–H and O–H groups in total. The molecular formula is C24H28N2. The number of fused-ring (bicyclic) bond motifs is 1. The van der Waals surface area contributed by atoms with Gasteiger partial charge >= 0.3 is 0 Å². The van der Waals surface area contributed by atoms with Crippen LogP contribution in [-0.2, 0) is 6.42 Å². The summed E-state index contributed by atoms with van der Waals surface area (Å²) < 4.78 is 0. The van der Waals surface area contributed by atoms with Crippen molar-refractivity contribution < 1.29 is 0 Å². The van der Waals surface area contributed by atoms with Gasteiger partial charge in [0.1, 0.15) is 0 Å². The van der Waals surface area contributed by atoms with Crippen LogP contribution in [0.3, 0.4) is 0 Å². The monoisotopic (exact) mass is 344 g/mol. The Morgan fingerprint density at radius 2 is 1.54 bits per heavy atom. The van der Waals surface area contributed by atoms with E-state index in [-0.39, 0.29) is 5.92 Å². The first-order valence-electron chi connectivity index (χ1n) is 9.97. The second-order valence-electron chi connectivity index (χ2n) is 8.26. The zero-order chi connectivity index (χ0) is 17.9. The highest BCUT2D eigenvalue weighted by Crippen LogP contribution is 2.44. The fraction of sp³-hybridized carbons (Fsp3) is 0.458. The summed E-state index contributed by atoms with van der Waals surface area (Å²) in [6.45, 7) is 4.58. The maximum absolute atomic E-state index is 9.74. The van der Waals surface area contributed by atoms with Crippen LogP contribution in [0.2, 0.25) is 0 Å². The molecule has 1 aliphatic carbocycles. The Hall–Kier alpha value is -2.11. The molecule has 2 aliphatic rings. The van der Waals surface area contributed by atoms with Gasteiger partial charge in [-0.25, -0.2) is 0 Å². The van der Waals surface area contributed by atoms with Crippen molar-refractivity contribution in [1.29, 1.82) is 5.26 Å². The lowest BCUT2D eigenvalue weighted by atomic mass is 9.92. The highest BCUT2D eigenvalue weighted by molar-refractivity contribution is 5.27. The first-order valence-corrected chi connectivity index (χ1v) is 9.97. The van der Waals surface area contributed by atoms with Crippen LogP contribution >= 0.6 is 0 Å². The Labute approximate surface area is 157 Å². The molecule has 2 aromatic rings. The summed E-state index contributed by atoms with van der Waals surface area (Å²) in [6, 6.07) is 24.1. The van der Waals surface area contributed by atoms with Crippen LogP contribution in [0.15, 0.2) is 60.7 Å². The fourth-order valence-corrected chi connectivity index (χ4v) is 5.24. The van der Waals surface area contributed by atoms with Crippen LogP contribution in [-0.4, -0.2) is 24.0 Å². The topological polar surface area (TPSA) is 27.0 Å². The zero-order valence-electron chi connectivity index (χ0n) is 15.6. The first kappa shape index (κ1) is 17.3. The number of hydrogen-bond acceptors (Lipinski definition) is 2. The molecule has 4 atom stereocenters. The van der Waals surface area contributed by atoms with E-state index >= 15 is 0 Å². The lowest BCUT2D eigenvalue weighted by molar-refractivity contribution is 0.219. The quantitative estimate of drug-likeness (QED) is 0.773. The van der Waals surface area contributed by atoms with Crippen molar-refractivity contribution in [2.75, 3.05) is 13.1 Å². The van der Waals surface area contributed by atoms with Crippen molar-refractivity contribution in [2.24, 2.45) is 17.8 Å². The van der Waals surface area contributed by atoms with Gasteiger partial charge in [0.2, 0.25) is 0 Å². The van der Waals surface area contributed by atoms with Crippen LogP contribution in [0.5, 0.6) is 0 Å². The van der Waals surface area contributed by atoms with E-state index in [4.69, 9.17) is 0 Å². The summed E-state index contributed by atoms with van der Waals surface area (Å²) in [7, 11) is 0. The predicted octanol–water partition coefficient (Wildman–Crippen LogP) is 4.88. The smallest absolute Gasteiger partial charge is 0.0865 e. The van der Waals surface area contributed by atoms with Crippen molar-refractivity contribution in [1.82, 2.24) is 4.90 Å². The molecule has 0 radical (unpaired) electrons. The van der Waals surface area contributed by atoms with E-state index in [1.807, 2.05) is 18.2 Å². The number of nitriles is 1. The van der Waals surface area contributed by atoms with Gasteiger partial charge in [-0.2, -0.15) is 5.26 Å². The third-order valence-corrected chi connectivity index (χ3v) is 6.60. The van der Waals surface area contributed by atoms with Gasteiger partial charge in [0.15, 0.2) is 0 Å². The second-order valence-corrected chi connectivity index (χ2v) is 8.26. The Morgan fingerprint density at radius 3 is 2.12 bits per heavy atom. The molecule has 1 saturated heterocycles. The highest BCUT2D eigenvalue weighted by atomic mass is 15.2. The molecule has 0 amide bonds. The summed E-state index contributed by atoms with van der Waals surface area (Å²) in [4.78, 5) is 2.58. The molecule has 1 heterocycles. The number of benzene rings is 2. The Morgan fingerprint density at radius 1 is 0.962 bits per heavy atom. The molecule has 1 saturated carbocycles. The van der Waals surface area contributed by atoms with Gasteiger partial charge in [0.25, 0.3) is 0 Å². The van der Waals surface area contributed by atoms with Crippen LogP contribution in [0.1, 0.15) is 36.8 Å². The zero-order valence-corrected chi connectivity index (χ0v) is 15.6. The first-order chi connectivity index (χ1) is 12.7. The average molecular weight is 345 g/mol. The minimum Gasteiger partial charge on any atom is -0.298 e. The van der Waals surface area contributed by atoms with Crippen LogP contribution < -0.4 is 0 Å². The summed E-state index contributed by atoms with van der Waals surface area (Å²) in [5, 5.41) is 9.74. The standard InChI is InChI=1S/C24H28N2/c1-18(24(15-25)21-10-6-3-7-11-21)26-16-22-13-20(14-23(22)17-26)12-19-8-4-2-5-9-19/h2-11,18,20,22-24H,12-14,16-17H2,1H3. The Bertz CT molecular complexity index is 735. The minimum atomic E-state index is -0.0323. The van der Waals surface area contributed by atoms with E-state index < -0.39 is 0 Å². The SMILES string of the molecule is CC(C(C#N)c1ccccc1)N1CC2CC(Cc3ccccc3)CC2C1. The lowest BCUT2D eigenvalue weighted by Gasteiger charge is -2.29. The van der Waals surface area contributed by atoms with Crippen molar-refractivity contribution in [3.63, 3.8) is 0 Å². The van der Waals surface area contributed by atoms with Gasteiger partial charge in [0, 0.05) is 19.1 Å². The molecular weight excluding hydrogens is 316 g/mol. The molecule has 0 spiro atoms. The summed E-state index contributed by atoms with van der Waals surface area (Å²) in [5.41, 5.74) is 2.64. The molecule has 2 heteroatoms. The summed E-state index contributed by atoms with van der Waals surface area (Å²) in [5.74, 6) is 2.45. The van der Waals surface area contributed by atoms with Crippen molar-refractivity contribution in [3.8, 4) is 6.07 Å². The number of likely N-dealkylation sites (tertiary alicyclic amines) is 1. The van der Waals surface area contributed by atoms with Gasteiger partial charge in [0.05, 0.1) is 12.0 Å². The molecule has 26 heavy (non-hydrogen) atoms. The van der Waals surface area contributed by atoms with Gasteiger partial charge in [-0.15, -0.1) is 0 Å². The van der Waals surface area contributed by atoms with Crippen LogP contribution in [0, 0.1) is 29.1 Å². The predicted molar refractivity (Wildman–Crippen MR) is 106 cm³/mol. The Kier molecular flexibility index (Phi) is 5.09. The van der Waals surface area contributed by atoms with E-state index in [1.54, 1.807) is 0 Å². The molecule has 0 aromatic heterocycles. The maximum atomic E-state index is 9.74. The summed E-state index contributed by atoms with van der Waals surface area (Å²) >= 11 is 0. The van der Waals surface area contributed by atoms with E-state index in [2.05, 4.69) is 60.4 Å². The average Bonchev–Trinajstić information content (AvgIpc) is 3.22. The number of nitrogens with zero attached hydrogens (tertiary/aromatic N) is 2. The fourth-order valence-electron chi connectivity index (χ4n) is 5.24. The van der Waals surface area contributed by atoms with Crippen molar-refractivity contribution >= 4 is 0 Å². The molecule has 4 unspecified atom stereocenters. The van der Waals surface area contributed by atoms with Crippen molar-refractivity contribution in [2.45, 2.75) is 38.1 Å². The third kappa shape index (κ3) is 3.55. The van der Waals surface area contributed by atoms with E-state index in [0.717, 1.165) is 23.3 Å². The minimum absolute atomic E-state index is 0.0323. The Balaban J connectivity index is 1.36. The number of hydrogen-bond donors (Lipinski definition) is 0. The van der Waals surface area contributed by atoms with E-state index in [9.17, 15) is 5.26 Å². The van der Waals surface area contributed by atoms with Crippen molar-refractivity contribution in [3.05, 3.63) is 71.8 Å². The van der Waals surface area contributed by atoms with Gasteiger partial charge < -0.3 is 0 Å². The number of rotatable bonds is 5. The van der Waals surface area contributed by atoms with E-state index in [0.29, 0.717) is 6.04 Å². The normalized spacial score (nSPS) is 27.6. The molecule has 1 aliphatic heterocycles. The van der Waals surface area contributed by atoms with Gasteiger partial charge in [-0.3, -0.25) is 4.90 Å². The van der Waals surface area contributed by atoms with E-state index in [1.165, 1.54) is 37.9 Å². The molecule has 134 valence electrons. The third-order valence-electron chi connectivity index (χ3n) is 6.60. The van der Waals surface area contributed by atoms with Crippen LogP contribution in [0.4, 0.5) is 0 Å². The van der Waals surface area contributed by atoms with Crippen LogP contribution in [0.25, 0.3) is 0 Å². The summed E-state index contributed by atoms with van der Waals surface area (Å²) in [6.07, 6.45) is 3.94.